The molecule has 4 heterocycles. The molecule has 3 amide bonds. The van der Waals surface area contributed by atoms with Gasteiger partial charge in [0, 0.05) is 19.6 Å². The maximum absolute atomic E-state index is 13.4. The molecule has 3 atom stereocenters. The Kier molecular flexibility index (Phi) is 4.59. The number of hydrogen-bond acceptors (Lipinski definition) is 4. The highest BCUT2D eigenvalue weighted by Crippen LogP contribution is 2.43. The molecule has 0 aromatic heterocycles. The maximum atomic E-state index is 13.4. The number of aliphatic hydroxyl groups is 1. The first-order valence-electron chi connectivity index (χ1n) is 10.2. The van der Waals surface area contributed by atoms with Gasteiger partial charge in [-0.1, -0.05) is 17.7 Å². The first-order chi connectivity index (χ1) is 14.4. The molecule has 1 aromatic carbocycles. The van der Waals surface area contributed by atoms with Crippen LogP contribution in [0.25, 0.3) is 0 Å². The number of rotatable bonds is 2. The highest BCUT2D eigenvalue weighted by Gasteiger charge is 2.56. The summed E-state index contributed by atoms with van der Waals surface area (Å²) in [6, 6.07) is 4.25. The lowest BCUT2D eigenvalue weighted by Crippen LogP contribution is -2.57. The highest BCUT2D eigenvalue weighted by atomic mass is 35.5. The molecule has 4 aliphatic heterocycles. The van der Waals surface area contributed by atoms with E-state index in [0.717, 1.165) is 12.8 Å². The quantitative estimate of drug-likeness (QED) is 0.768. The Morgan fingerprint density at radius 1 is 1.13 bits per heavy atom. The van der Waals surface area contributed by atoms with E-state index in [4.69, 9.17) is 11.6 Å². The van der Waals surface area contributed by atoms with Crippen LogP contribution in [0.15, 0.2) is 29.5 Å². The third kappa shape index (κ3) is 2.77. The number of carbonyl (C=O) groups excluding carboxylic acids is 3. The van der Waals surface area contributed by atoms with Gasteiger partial charge in [0.1, 0.15) is 23.8 Å². The fourth-order valence-corrected chi connectivity index (χ4v) is 5.32. The zero-order valence-corrected chi connectivity index (χ0v) is 16.9. The minimum atomic E-state index is -1.51. The van der Waals surface area contributed by atoms with Gasteiger partial charge in [0.25, 0.3) is 11.8 Å². The van der Waals surface area contributed by atoms with Crippen LogP contribution in [0, 0.1) is 11.7 Å². The minimum absolute atomic E-state index is 0.0310. The Morgan fingerprint density at radius 3 is 2.70 bits per heavy atom. The number of nitrogens with zero attached hydrogens (tertiary/aromatic N) is 3. The molecule has 3 saturated heterocycles. The van der Waals surface area contributed by atoms with E-state index < -0.39 is 29.7 Å². The molecule has 7 nitrogen and oxygen atoms in total. The first-order valence-corrected chi connectivity index (χ1v) is 10.5. The van der Waals surface area contributed by atoms with Crippen LogP contribution < -0.4 is 0 Å². The number of carbonyl (C=O) groups is 3. The van der Waals surface area contributed by atoms with E-state index in [0.29, 0.717) is 42.8 Å². The van der Waals surface area contributed by atoms with E-state index in [2.05, 4.69) is 0 Å². The number of piperidine rings is 2. The molecule has 9 heteroatoms. The summed E-state index contributed by atoms with van der Waals surface area (Å²) in [5, 5.41) is 10.7. The van der Waals surface area contributed by atoms with Gasteiger partial charge >= 0.3 is 0 Å². The van der Waals surface area contributed by atoms with Crippen LogP contribution in [-0.4, -0.2) is 62.9 Å². The summed E-state index contributed by atoms with van der Waals surface area (Å²) in [5.74, 6) is -2.80. The predicted octanol–water partition coefficient (Wildman–Crippen LogP) is 1.64. The SMILES string of the molecule is O=C1C2C(=C3C(=O)N4CCCCC4N3C(=O)C2O)CCN1Cc1ccc(F)c(Cl)c1. The van der Waals surface area contributed by atoms with Crippen molar-refractivity contribution in [1.82, 2.24) is 14.7 Å². The van der Waals surface area contributed by atoms with Crippen molar-refractivity contribution in [2.45, 2.75) is 44.5 Å². The molecule has 0 saturated carbocycles. The lowest BCUT2D eigenvalue weighted by atomic mass is 9.81. The van der Waals surface area contributed by atoms with Crippen molar-refractivity contribution >= 4 is 29.3 Å². The summed E-state index contributed by atoms with van der Waals surface area (Å²) in [4.78, 5) is 43.9. The summed E-state index contributed by atoms with van der Waals surface area (Å²) in [7, 11) is 0. The van der Waals surface area contributed by atoms with E-state index in [1.807, 2.05) is 0 Å². The molecule has 158 valence electrons. The van der Waals surface area contributed by atoms with Gasteiger partial charge < -0.3 is 14.9 Å². The molecular weight excluding hydrogens is 413 g/mol. The topological polar surface area (TPSA) is 81.2 Å². The number of halogens is 2. The van der Waals surface area contributed by atoms with Gasteiger partial charge in [0.2, 0.25) is 5.91 Å². The Labute approximate surface area is 177 Å². The molecule has 3 unspecified atom stereocenters. The zero-order chi connectivity index (χ0) is 21.2. The normalized spacial score (nSPS) is 28.7. The smallest absolute Gasteiger partial charge is 0.272 e. The standard InChI is InChI=1S/C21H21ClFN3O4/c22-13-9-11(4-5-14(13)23)10-24-8-6-12-16(19(24)28)18(27)21(30)26-15-3-1-2-7-25(15)20(29)17(12)26/h4-5,9,15-16,18,27H,1-3,6-8,10H2. The summed E-state index contributed by atoms with van der Waals surface area (Å²) >= 11 is 5.84. The Morgan fingerprint density at radius 2 is 1.93 bits per heavy atom. The molecular formula is C21H21ClFN3O4. The van der Waals surface area contributed by atoms with Gasteiger partial charge in [-0.25, -0.2) is 4.39 Å². The molecule has 0 bridgehead atoms. The van der Waals surface area contributed by atoms with Gasteiger partial charge in [-0.3, -0.25) is 19.3 Å². The number of aliphatic hydroxyl groups excluding tert-OH is 1. The van der Waals surface area contributed by atoms with Crippen molar-refractivity contribution in [3.63, 3.8) is 0 Å². The molecule has 4 aliphatic rings. The highest BCUT2D eigenvalue weighted by molar-refractivity contribution is 6.30. The zero-order valence-electron chi connectivity index (χ0n) is 16.2. The second kappa shape index (κ2) is 7.06. The van der Waals surface area contributed by atoms with Gasteiger partial charge in [-0.2, -0.15) is 0 Å². The molecule has 5 rings (SSSR count). The second-order valence-electron chi connectivity index (χ2n) is 8.24. The van der Waals surface area contributed by atoms with Crippen molar-refractivity contribution in [3.05, 3.63) is 45.9 Å². The van der Waals surface area contributed by atoms with Crippen LogP contribution in [0.2, 0.25) is 5.02 Å². The average Bonchev–Trinajstić information content (AvgIpc) is 3.03. The summed E-state index contributed by atoms with van der Waals surface area (Å²) < 4.78 is 13.4. The Bertz CT molecular complexity index is 996. The molecule has 1 aromatic rings. The fourth-order valence-electron chi connectivity index (χ4n) is 5.12. The van der Waals surface area contributed by atoms with Crippen LogP contribution in [0.3, 0.4) is 0 Å². The van der Waals surface area contributed by atoms with E-state index in [1.165, 1.54) is 21.9 Å². The Hall–Kier alpha value is -2.45. The van der Waals surface area contributed by atoms with E-state index >= 15 is 0 Å². The number of benzene rings is 1. The number of hydrogen-bond donors (Lipinski definition) is 1. The second-order valence-corrected chi connectivity index (χ2v) is 8.64. The maximum Gasteiger partial charge on any atom is 0.272 e. The first kappa shape index (κ1) is 19.5. The van der Waals surface area contributed by atoms with E-state index in [1.54, 1.807) is 11.0 Å². The van der Waals surface area contributed by atoms with Crippen molar-refractivity contribution in [1.29, 1.82) is 0 Å². The summed E-state index contributed by atoms with van der Waals surface area (Å²) in [5.41, 5.74) is 1.50. The van der Waals surface area contributed by atoms with Crippen LogP contribution in [0.1, 0.15) is 31.2 Å². The lowest BCUT2D eigenvalue weighted by molar-refractivity contribution is -0.155. The predicted molar refractivity (Wildman–Crippen MR) is 104 cm³/mol. The molecule has 3 fully saturated rings. The Balaban J connectivity index is 1.47. The number of amides is 3. The molecule has 0 radical (unpaired) electrons. The van der Waals surface area contributed by atoms with E-state index in [9.17, 15) is 23.9 Å². The van der Waals surface area contributed by atoms with Crippen molar-refractivity contribution in [3.8, 4) is 0 Å². The molecule has 0 spiro atoms. The van der Waals surface area contributed by atoms with Gasteiger partial charge in [-0.15, -0.1) is 0 Å². The summed E-state index contributed by atoms with van der Waals surface area (Å²) in [6.45, 7) is 1.11. The van der Waals surface area contributed by atoms with Gasteiger partial charge in [0.15, 0.2) is 0 Å². The van der Waals surface area contributed by atoms with Crippen molar-refractivity contribution < 1.29 is 23.9 Å². The van der Waals surface area contributed by atoms with Crippen LogP contribution >= 0.6 is 11.6 Å². The number of fused-ring (bicyclic) bond motifs is 4. The minimum Gasteiger partial charge on any atom is -0.382 e. The molecule has 0 aliphatic carbocycles. The molecule has 30 heavy (non-hydrogen) atoms. The van der Waals surface area contributed by atoms with E-state index in [-0.39, 0.29) is 23.6 Å². The monoisotopic (exact) mass is 433 g/mol. The summed E-state index contributed by atoms with van der Waals surface area (Å²) in [6.07, 6.45) is 1.00. The third-order valence-corrected chi connectivity index (χ3v) is 6.84. The average molecular weight is 434 g/mol. The van der Waals surface area contributed by atoms with Crippen LogP contribution in [0.4, 0.5) is 4.39 Å². The number of likely N-dealkylation sites (tertiary alicyclic amines) is 1. The van der Waals surface area contributed by atoms with Crippen LogP contribution in [-0.2, 0) is 20.9 Å². The molecule has 1 N–H and O–H groups in total. The largest absolute Gasteiger partial charge is 0.382 e. The fraction of sp³-hybridized carbons (Fsp3) is 0.476. The van der Waals surface area contributed by atoms with Crippen molar-refractivity contribution in [2.75, 3.05) is 13.1 Å². The van der Waals surface area contributed by atoms with Gasteiger partial charge in [-0.05, 0) is 49.0 Å². The van der Waals surface area contributed by atoms with Crippen molar-refractivity contribution in [2.24, 2.45) is 5.92 Å². The van der Waals surface area contributed by atoms with Crippen LogP contribution in [0.5, 0.6) is 0 Å². The lowest BCUT2D eigenvalue weighted by Gasteiger charge is -2.42. The van der Waals surface area contributed by atoms with Gasteiger partial charge in [0.05, 0.1) is 10.9 Å². The third-order valence-electron chi connectivity index (χ3n) is 6.55.